The van der Waals surface area contributed by atoms with Gasteiger partial charge in [0.05, 0.1) is 22.2 Å². The molecule has 2 aromatic heterocycles. The molecule has 118 valence electrons. The van der Waals surface area contributed by atoms with Crippen molar-refractivity contribution in [1.29, 1.82) is 0 Å². The van der Waals surface area contributed by atoms with Crippen molar-refractivity contribution in [2.45, 2.75) is 30.3 Å². The van der Waals surface area contributed by atoms with Gasteiger partial charge in [0.2, 0.25) is 0 Å². The van der Waals surface area contributed by atoms with Crippen molar-refractivity contribution >= 4 is 33.7 Å². The first kappa shape index (κ1) is 14.1. The van der Waals surface area contributed by atoms with Gasteiger partial charge in [0, 0.05) is 17.7 Å². The van der Waals surface area contributed by atoms with Crippen molar-refractivity contribution in [1.82, 2.24) is 14.5 Å². The Morgan fingerprint density at radius 3 is 2.83 bits per heavy atom. The Hall–Kier alpha value is -2.33. The molecule has 0 atom stereocenters. The highest BCUT2D eigenvalue weighted by Crippen LogP contribution is 2.32. The molecule has 2 aromatic carbocycles. The molecule has 0 N–H and O–H groups in total. The van der Waals surface area contributed by atoms with Crippen molar-refractivity contribution in [2.24, 2.45) is 0 Å². The maximum absolute atomic E-state index is 4.86. The summed E-state index contributed by atoms with van der Waals surface area (Å²) >= 11 is 1.79. The maximum Gasteiger partial charge on any atom is 0.169 e. The Bertz CT molecular complexity index is 1050. The third-order valence-electron chi connectivity index (χ3n) is 4.65. The van der Waals surface area contributed by atoms with Gasteiger partial charge >= 0.3 is 0 Å². The maximum atomic E-state index is 4.86. The van der Waals surface area contributed by atoms with Gasteiger partial charge in [0.1, 0.15) is 0 Å². The number of thioether (sulfide) groups is 1. The molecule has 0 radical (unpaired) electrons. The topological polar surface area (TPSA) is 30.7 Å². The van der Waals surface area contributed by atoms with Gasteiger partial charge in [-0.1, -0.05) is 48.2 Å². The van der Waals surface area contributed by atoms with E-state index in [-0.39, 0.29) is 0 Å². The van der Waals surface area contributed by atoms with Crippen LogP contribution in [-0.4, -0.2) is 14.5 Å². The second kappa shape index (κ2) is 5.64. The van der Waals surface area contributed by atoms with Gasteiger partial charge in [-0.05, 0) is 36.6 Å². The summed E-state index contributed by atoms with van der Waals surface area (Å²) in [5, 5.41) is 2.31. The van der Waals surface area contributed by atoms with Crippen LogP contribution >= 0.6 is 11.8 Å². The van der Waals surface area contributed by atoms with E-state index in [1.807, 2.05) is 6.07 Å². The normalized spacial score (nSPS) is 13.7. The van der Waals surface area contributed by atoms with Crippen molar-refractivity contribution in [3.8, 4) is 0 Å². The Labute approximate surface area is 144 Å². The zero-order valence-electron chi connectivity index (χ0n) is 13.3. The molecule has 3 nitrogen and oxygen atoms in total. The van der Waals surface area contributed by atoms with Gasteiger partial charge in [0.25, 0.3) is 0 Å². The summed E-state index contributed by atoms with van der Waals surface area (Å²) in [5.74, 6) is 0.851. The average molecular weight is 331 g/mol. The lowest BCUT2D eigenvalue weighted by atomic mass is 10.1. The van der Waals surface area contributed by atoms with Crippen LogP contribution in [0.3, 0.4) is 0 Å². The Morgan fingerprint density at radius 2 is 1.83 bits per heavy atom. The van der Waals surface area contributed by atoms with E-state index in [9.17, 15) is 0 Å². The molecule has 4 aromatic rings. The zero-order chi connectivity index (χ0) is 15.9. The zero-order valence-corrected chi connectivity index (χ0v) is 14.1. The molecule has 24 heavy (non-hydrogen) atoms. The number of hydrogen-bond acceptors (Lipinski definition) is 3. The number of aryl methyl sites for hydroxylation is 2. The Kier molecular flexibility index (Phi) is 3.30. The Morgan fingerprint density at radius 1 is 0.917 bits per heavy atom. The van der Waals surface area contributed by atoms with Gasteiger partial charge in [0.15, 0.2) is 5.16 Å². The molecule has 0 saturated carbocycles. The van der Waals surface area contributed by atoms with E-state index in [2.05, 4.69) is 53.1 Å². The van der Waals surface area contributed by atoms with Gasteiger partial charge in [-0.25, -0.2) is 4.98 Å². The fraction of sp³-hybridized carbons (Fsp3) is 0.200. The van der Waals surface area contributed by atoms with Gasteiger partial charge in [-0.15, -0.1) is 0 Å². The summed E-state index contributed by atoms with van der Waals surface area (Å²) in [6, 6.07) is 19.0. The number of aromatic nitrogens is 3. The van der Waals surface area contributed by atoms with Crippen LogP contribution < -0.4 is 0 Å². The van der Waals surface area contributed by atoms with Gasteiger partial charge < -0.3 is 4.57 Å². The van der Waals surface area contributed by atoms with Crippen LogP contribution in [0.5, 0.6) is 0 Å². The number of rotatable bonds is 3. The van der Waals surface area contributed by atoms with Gasteiger partial charge in [-0.2, -0.15) is 0 Å². The fourth-order valence-corrected chi connectivity index (χ4v) is 4.45. The van der Waals surface area contributed by atoms with Crippen LogP contribution in [0.25, 0.3) is 21.9 Å². The lowest BCUT2D eigenvalue weighted by molar-refractivity contribution is 0.588. The number of hydrogen-bond donors (Lipinski definition) is 0. The van der Waals surface area contributed by atoms with Crippen LogP contribution in [-0.2, 0) is 18.7 Å². The van der Waals surface area contributed by atoms with Crippen LogP contribution in [0.1, 0.15) is 17.7 Å². The van der Waals surface area contributed by atoms with Crippen LogP contribution in [0.4, 0.5) is 0 Å². The van der Waals surface area contributed by atoms with E-state index in [0.717, 1.165) is 34.2 Å². The molecule has 0 fully saturated rings. The second-order valence-corrected chi connectivity index (χ2v) is 7.16. The molecule has 1 aliphatic heterocycles. The van der Waals surface area contributed by atoms with Crippen molar-refractivity contribution in [3.05, 3.63) is 65.9 Å². The first-order valence-corrected chi connectivity index (χ1v) is 9.33. The summed E-state index contributed by atoms with van der Waals surface area (Å²) in [6.07, 6.45) is 2.36. The molecular formula is C20H17N3S. The molecular weight excluding hydrogens is 314 g/mol. The summed E-state index contributed by atoms with van der Waals surface area (Å²) < 4.78 is 2.39. The molecule has 0 aliphatic carbocycles. The first-order chi connectivity index (χ1) is 11.9. The predicted molar refractivity (Wildman–Crippen MR) is 99.4 cm³/mol. The molecule has 0 bridgehead atoms. The summed E-state index contributed by atoms with van der Waals surface area (Å²) in [6.45, 7) is 1.07. The monoisotopic (exact) mass is 331 g/mol. The van der Waals surface area contributed by atoms with Crippen molar-refractivity contribution < 1.29 is 0 Å². The predicted octanol–water partition coefficient (Wildman–Crippen LogP) is 4.82. The Balaban J connectivity index is 1.47. The summed E-state index contributed by atoms with van der Waals surface area (Å²) in [5.41, 5.74) is 6.06. The minimum atomic E-state index is 0.851. The van der Waals surface area contributed by atoms with Crippen molar-refractivity contribution in [2.75, 3.05) is 0 Å². The number of pyridine rings is 1. The number of nitrogens with zero attached hydrogens (tertiary/aromatic N) is 3. The SMILES string of the molecule is c1ccc2nc(CSc3nc4cccc5c4n3CCC5)ccc2c1. The van der Waals surface area contributed by atoms with Crippen LogP contribution in [0, 0.1) is 0 Å². The minimum absolute atomic E-state index is 0.851. The van der Waals surface area contributed by atoms with E-state index in [1.54, 1.807) is 11.8 Å². The van der Waals surface area contributed by atoms with Crippen LogP contribution in [0.15, 0.2) is 59.8 Å². The molecule has 0 saturated heterocycles. The summed E-state index contributed by atoms with van der Waals surface area (Å²) in [7, 11) is 0. The second-order valence-electron chi connectivity index (χ2n) is 6.22. The van der Waals surface area contributed by atoms with E-state index in [0.29, 0.717) is 0 Å². The third kappa shape index (κ3) is 2.29. The molecule has 4 heteroatoms. The first-order valence-electron chi connectivity index (χ1n) is 8.34. The highest BCUT2D eigenvalue weighted by Gasteiger charge is 2.18. The smallest absolute Gasteiger partial charge is 0.169 e. The molecule has 0 amide bonds. The van der Waals surface area contributed by atoms with E-state index in [1.165, 1.54) is 29.3 Å². The quantitative estimate of drug-likeness (QED) is 0.504. The number of para-hydroxylation sites is 2. The number of fused-ring (bicyclic) bond motifs is 1. The van der Waals surface area contributed by atoms with Crippen molar-refractivity contribution in [3.63, 3.8) is 0 Å². The highest BCUT2D eigenvalue weighted by molar-refractivity contribution is 7.98. The molecule has 1 aliphatic rings. The summed E-state index contributed by atoms with van der Waals surface area (Å²) in [4.78, 5) is 9.63. The molecule has 5 rings (SSSR count). The number of imidazole rings is 1. The molecule has 0 unspecified atom stereocenters. The van der Waals surface area contributed by atoms with Crippen LogP contribution in [0.2, 0.25) is 0 Å². The van der Waals surface area contributed by atoms with Gasteiger partial charge in [-0.3, -0.25) is 4.98 Å². The standard InChI is InChI=1S/C20H17N3S/c1-2-8-17-14(5-1)10-11-16(21-17)13-24-20-22-18-9-3-6-15-7-4-12-23(20)19(15)18/h1-3,5-6,8-11H,4,7,12-13H2. The van der Waals surface area contributed by atoms with E-state index < -0.39 is 0 Å². The highest BCUT2D eigenvalue weighted by atomic mass is 32.2. The minimum Gasteiger partial charge on any atom is -0.319 e. The van der Waals surface area contributed by atoms with E-state index >= 15 is 0 Å². The molecule has 0 spiro atoms. The number of benzene rings is 2. The fourth-order valence-electron chi connectivity index (χ4n) is 3.51. The average Bonchev–Trinajstić information content (AvgIpc) is 3.00. The van der Waals surface area contributed by atoms with E-state index in [4.69, 9.17) is 9.97 Å². The largest absolute Gasteiger partial charge is 0.319 e. The third-order valence-corrected chi connectivity index (χ3v) is 5.66. The lowest BCUT2D eigenvalue weighted by Crippen LogP contribution is -2.08. The molecule has 3 heterocycles. The lowest BCUT2D eigenvalue weighted by Gasteiger charge is -2.16.